The van der Waals surface area contributed by atoms with Gasteiger partial charge in [-0.2, -0.15) is 0 Å². The van der Waals surface area contributed by atoms with Gasteiger partial charge in [-0.3, -0.25) is 9.69 Å². The Labute approximate surface area is 151 Å². The summed E-state index contributed by atoms with van der Waals surface area (Å²) in [5, 5.41) is 3.44. The third-order valence-corrected chi connectivity index (χ3v) is 5.08. The first-order chi connectivity index (χ1) is 11.5. The molecule has 0 radical (unpaired) electrons. The molecule has 0 bridgehead atoms. The summed E-state index contributed by atoms with van der Waals surface area (Å²) in [7, 11) is 0. The number of aryl methyl sites for hydroxylation is 2. The van der Waals surface area contributed by atoms with Crippen LogP contribution in [-0.2, 0) is 4.79 Å². The molecule has 1 amide bonds. The van der Waals surface area contributed by atoms with Gasteiger partial charge in [0.2, 0.25) is 0 Å². The number of hydrogen-bond donors (Lipinski definition) is 1. The first-order valence-electron chi connectivity index (χ1n) is 7.58. The van der Waals surface area contributed by atoms with Gasteiger partial charge < -0.3 is 5.32 Å². The molecule has 3 rings (SSSR count). The molecule has 2 aromatic rings. The van der Waals surface area contributed by atoms with Crippen LogP contribution >= 0.6 is 24.0 Å². The zero-order valence-corrected chi connectivity index (χ0v) is 15.4. The summed E-state index contributed by atoms with van der Waals surface area (Å²) >= 11 is 7.05. The second-order valence-electron chi connectivity index (χ2n) is 5.67. The van der Waals surface area contributed by atoms with Gasteiger partial charge in [0.25, 0.3) is 5.91 Å². The second kappa shape index (κ2) is 6.79. The monoisotopic (exact) mass is 354 g/mol. The van der Waals surface area contributed by atoms with Crippen molar-refractivity contribution in [2.75, 3.05) is 11.2 Å². The Morgan fingerprint density at radius 3 is 2.42 bits per heavy atom. The molecule has 1 aliphatic heterocycles. The van der Waals surface area contributed by atoms with Gasteiger partial charge in [0.15, 0.2) is 5.11 Å². The average molecular weight is 355 g/mol. The fourth-order valence-electron chi connectivity index (χ4n) is 2.50. The van der Waals surface area contributed by atoms with Gasteiger partial charge >= 0.3 is 0 Å². The molecule has 5 heteroatoms. The number of nitrogens with zero attached hydrogens (tertiary/aromatic N) is 1. The molecule has 0 aromatic heterocycles. The van der Waals surface area contributed by atoms with E-state index in [-0.39, 0.29) is 5.91 Å². The number of thiocarbonyl (C=S) groups is 1. The van der Waals surface area contributed by atoms with Gasteiger partial charge in [-0.25, -0.2) is 0 Å². The van der Waals surface area contributed by atoms with Crippen LogP contribution in [0.2, 0.25) is 0 Å². The Kier molecular flexibility index (Phi) is 4.73. The topological polar surface area (TPSA) is 32.3 Å². The molecule has 0 aliphatic carbocycles. The van der Waals surface area contributed by atoms with E-state index in [1.165, 1.54) is 10.5 Å². The Morgan fingerprint density at radius 2 is 1.79 bits per heavy atom. The maximum Gasteiger partial charge on any atom is 0.281 e. The van der Waals surface area contributed by atoms with Crippen LogP contribution in [0.15, 0.2) is 53.1 Å². The van der Waals surface area contributed by atoms with Crippen molar-refractivity contribution >= 4 is 46.8 Å². The predicted molar refractivity (Wildman–Crippen MR) is 105 cm³/mol. The lowest BCUT2D eigenvalue weighted by Gasteiger charge is -2.15. The molecule has 1 N–H and O–H groups in total. The normalized spacial score (nSPS) is 16.0. The average Bonchev–Trinajstić information content (AvgIpc) is 2.85. The molecule has 24 heavy (non-hydrogen) atoms. The molecule has 0 spiro atoms. The summed E-state index contributed by atoms with van der Waals surface area (Å²) in [6.07, 6.45) is 3.87. The zero-order valence-electron chi connectivity index (χ0n) is 13.8. The number of anilines is 1. The van der Waals surface area contributed by atoms with Crippen LogP contribution in [-0.4, -0.2) is 17.3 Å². The van der Waals surface area contributed by atoms with Gasteiger partial charge in [-0.05, 0) is 79.4 Å². The molecular weight excluding hydrogens is 336 g/mol. The van der Waals surface area contributed by atoms with Gasteiger partial charge in [0, 0.05) is 4.90 Å². The van der Waals surface area contributed by atoms with Crippen molar-refractivity contribution in [2.24, 2.45) is 0 Å². The van der Waals surface area contributed by atoms with Crippen LogP contribution in [0, 0.1) is 13.8 Å². The summed E-state index contributed by atoms with van der Waals surface area (Å²) in [4.78, 5) is 15.5. The highest BCUT2D eigenvalue weighted by molar-refractivity contribution is 7.98. The zero-order chi connectivity index (χ0) is 17.3. The molecule has 0 saturated carbocycles. The minimum atomic E-state index is -0.128. The highest BCUT2D eigenvalue weighted by Crippen LogP contribution is 2.25. The fourth-order valence-corrected chi connectivity index (χ4v) is 3.21. The van der Waals surface area contributed by atoms with Gasteiger partial charge in [0.1, 0.15) is 5.70 Å². The molecule has 1 aliphatic rings. The van der Waals surface area contributed by atoms with Crippen molar-refractivity contribution in [2.45, 2.75) is 18.7 Å². The summed E-state index contributed by atoms with van der Waals surface area (Å²) < 4.78 is 0. The van der Waals surface area contributed by atoms with E-state index in [4.69, 9.17) is 12.2 Å². The molecule has 0 unspecified atom stereocenters. The van der Waals surface area contributed by atoms with Gasteiger partial charge in [0.05, 0.1) is 5.69 Å². The Morgan fingerprint density at radius 1 is 1.08 bits per heavy atom. The maximum atomic E-state index is 12.7. The third kappa shape index (κ3) is 3.23. The molecule has 1 fully saturated rings. The van der Waals surface area contributed by atoms with E-state index in [2.05, 4.69) is 5.32 Å². The van der Waals surface area contributed by atoms with Crippen molar-refractivity contribution in [3.8, 4) is 0 Å². The maximum absolute atomic E-state index is 12.7. The largest absolute Gasteiger partial charge is 0.327 e. The number of nitrogens with one attached hydrogen (secondary N) is 1. The standard InChI is InChI=1S/C19H18N2OS2/c1-12-4-7-15(10-13(12)2)21-18(22)17(20-19(21)23)11-14-5-8-16(24-3)9-6-14/h4-11H,1-3H3,(H,20,23)/b17-11-. The number of thioether (sulfide) groups is 1. The number of carbonyl (C=O) groups excluding carboxylic acids is 1. The van der Waals surface area contributed by atoms with Crippen LogP contribution in [0.1, 0.15) is 16.7 Å². The lowest BCUT2D eigenvalue weighted by atomic mass is 10.1. The van der Waals surface area contributed by atoms with Crippen LogP contribution in [0.4, 0.5) is 5.69 Å². The lowest BCUT2D eigenvalue weighted by molar-refractivity contribution is -0.113. The van der Waals surface area contributed by atoms with E-state index in [0.717, 1.165) is 16.8 Å². The highest BCUT2D eigenvalue weighted by Gasteiger charge is 2.32. The summed E-state index contributed by atoms with van der Waals surface area (Å²) in [5.41, 5.74) is 4.58. The summed E-state index contributed by atoms with van der Waals surface area (Å²) in [5.74, 6) is -0.128. The molecule has 0 atom stereocenters. The fraction of sp³-hybridized carbons (Fsp3) is 0.158. The first kappa shape index (κ1) is 16.7. The van der Waals surface area contributed by atoms with Crippen molar-refractivity contribution < 1.29 is 4.79 Å². The van der Waals surface area contributed by atoms with Gasteiger partial charge in [-0.1, -0.05) is 18.2 Å². The minimum Gasteiger partial charge on any atom is -0.327 e. The van der Waals surface area contributed by atoms with E-state index in [9.17, 15) is 4.79 Å². The van der Waals surface area contributed by atoms with Crippen LogP contribution in [0.5, 0.6) is 0 Å². The Bertz CT molecular complexity index is 841. The molecule has 2 aromatic carbocycles. The SMILES string of the molecule is CSc1ccc(/C=C2\NC(=S)N(c3ccc(C)c(C)c3)C2=O)cc1. The Hall–Kier alpha value is -2.11. The molecule has 122 valence electrons. The number of benzene rings is 2. The minimum absolute atomic E-state index is 0.128. The Balaban J connectivity index is 1.90. The number of amides is 1. The highest BCUT2D eigenvalue weighted by atomic mass is 32.2. The smallest absolute Gasteiger partial charge is 0.281 e. The summed E-state index contributed by atoms with van der Waals surface area (Å²) in [6.45, 7) is 4.07. The summed E-state index contributed by atoms with van der Waals surface area (Å²) in [6, 6.07) is 14.0. The van der Waals surface area contributed by atoms with Crippen molar-refractivity contribution in [1.82, 2.24) is 5.32 Å². The number of hydrogen-bond acceptors (Lipinski definition) is 3. The third-order valence-electron chi connectivity index (χ3n) is 4.05. The second-order valence-corrected chi connectivity index (χ2v) is 6.94. The van der Waals surface area contributed by atoms with Crippen LogP contribution < -0.4 is 10.2 Å². The van der Waals surface area contributed by atoms with Crippen LogP contribution in [0.25, 0.3) is 6.08 Å². The van der Waals surface area contributed by atoms with E-state index < -0.39 is 0 Å². The number of carbonyl (C=O) groups is 1. The molecular formula is C19H18N2OS2. The number of rotatable bonds is 3. The molecule has 3 nitrogen and oxygen atoms in total. The van der Waals surface area contributed by atoms with Crippen molar-refractivity contribution in [3.63, 3.8) is 0 Å². The molecule has 1 heterocycles. The van der Waals surface area contributed by atoms with E-state index in [0.29, 0.717) is 10.8 Å². The molecule has 1 saturated heterocycles. The van der Waals surface area contributed by atoms with Crippen molar-refractivity contribution in [1.29, 1.82) is 0 Å². The predicted octanol–water partition coefficient (Wildman–Crippen LogP) is 4.29. The van der Waals surface area contributed by atoms with Gasteiger partial charge in [-0.15, -0.1) is 11.8 Å². The van der Waals surface area contributed by atoms with E-state index >= 15 is 0 Å². The van der Waals surface area contributed by atoms with Crippen molar-refractivity contribution in [3.05, 3.63) is 64.9 Å². The quantitative estimate of drug-likeness (QED) is 0.506. The van der Waals surface area contributed by atoms with E-state index in [1.54, 1.807) is 16.7 Å². The van der Waals surface area contributed by atoms with Crippen LogP contribution in [0.3, 0.4) is 0 Å². The lowest BCUT2D eigenvalue weighted by Crippen LogP contribution is -2.30. The van der Waals surface area contributed by atoms with E-state index in [1.807, 2.05) is 68.6 Å². The first-order valence-corrected chi connectivity index (χ1v) is 9.21.